The van der Waals surface area contributed by atoms with Gasteiger partial charge in [-0.25, -0.2) is 0 Å². The first-order chi connectivity index (χ1) is 9.03. The van der Waals surface area contributed by atoms with E-state index in [-0.39, 0.29) is 18.2 Å². The summed E-state index contributed by atoms with van der Waals surface area (Å²) in [5, 5.41) is 0. The highest BCUT2D eigenvalue weighted by molar-refractivity contribution is 5.80. The van der Waals surface area contributed by atoms with E-state index < -0.39 is 5.54 Å². The lowest BCUT2D eigenvalue weighted by Gasteiger charge is -2.36. The van der Waals surface area contributed by atoms with Crippen LogP contribution in [-0.2, 0) is 14.3 Å². The van der Waals surface area contributed by atoms with Gasteiger partial charge in [0.2, 0.25) is 0 Å². The van der Waals surface area contributed by atoms with Crippen molar-refractivity contribution in [3.8, 4) is 0 Å². The number of hydrogen-bond donors (Lipinski definition) is 1. The van der Waals surface area contributed by atoms with Crippen LogP contribution in [0.4, 0.5) is 0 Å². The Morgan fingerprint density at radius 2 is 1.95 bits per heavy atom. The molecule has 110 valence electrons. The molecule has 0 aromatic rings. The number of esters is 1. The Hall–Kier alpha value is -0.610. The lowest BCUT2D eigenvalue weighted by molar-refractivity contribution is -0.161. The van der Waals surface area contributed by atoms with Crippen molar-refractivity contribution in [3.63, 3.8) is 0 Å². The van der Waals surface area contributed by atoms with Crippen molar-refractivity contribution in [1.82, 2.24) is 0 Å². The molecule has 0 aromatic heterocycles. The Labute approximate surface area is 116 Å². The largest absolute Gasteiger partial charge is 0.461 e. The normalized spacial score (nSPS) is 39.8. The number of carbonyl (C=O) groups excluding carboxylic acids is 1. The van der Waals surface area contributed by atoms with E-state index in [2.05, 4.69) is 6.92 Å². The number of carbonyl (C=O) groups is 1. The molecule has 0 bridgehead atoms. The maximum absolute atomic E-state index is 12.3. The quantitative estimate of drug-likeness (QED) is 0.799. The number of ether oxygens (including phenoxy) is 2. The van der Waals surface area contributed by atoms with E-state index in [4.69, 9.17) is 15.2 Å². The molecule has 0 aromatic carbocycles. The van der Waals surface area contributed by atoms with Crippen LogP contribution in [0.15, 0.2) is 0 Å². The number of hydrogen-bond acceptors (Lipinski definition) is 4. The number of nitrogens with two attached hydrogens (primary N) is 1. The van der Waals surface area contributed by atoms with E-state index in [0.717, 1.165) is 44.9 Å². The molecule has 4 nitrogen and oxygen atoms in total. The van der Waals surface area contributed by atoms with Crippen LogP contribution in [0.3, 0.4) is 0 Å². The average Bonchev–Trinajstić information content (AvgIpc) is 2.38. The maximum atomic E-state index is 12.3. The summed E-state index contributed by atoms with van der Waals surface area (Å²) in [5.41, 5.74) is 5.52. The van der Waals surface area contributed by atoms with Crippen LogP contribution in [0, 0.1) is 5.92 Å². The van der Waals surface area contributed by atoms with Gasteiger partial charge in [-0.1, -0.05) is 19.8 Å². The molecule has 0 aliphatic heterocycles. The third-order valence-corrected chi connectivity index (χ3v) is 4.62. The Balaban J connectivity index is 1.89. The van der Waals surface area contributed by atoms with Crippen LogP contribution in [0.1, 0.15) is 58.3 Å². The fourth-order valence-corrected chi connectivity index (χ4v) is 3.47. The van der Waals surface area contributed by atoms with Gasteiger partial charge in [-0.2, -0.15) is 0 Å². The summed E-state index contributed by atoms with van der Waals surface area (Å²) in [7, 11) is 1.72. The van der Waals surface area contributed by atoms with Gasteiger partial charge in [0, 0.05) is 13.5 Å². The minimum atomic E-state index is -0.752. The Morgan fingerprint density at radius 1 is 1.21 bits per heavy atom. The van der Waals surface area contributed by atoms with Crippen LogP contribution in [0.5, 0.6) is 0 Å². The van der Waals surface area contributed by atoms with Crippen molar-refractivity contribution >= 4 is 5.97 Å². The second-order valence-corrected chi connectivity index (χ2v) is 6.41. The topological polar surface area (TPSA) is 61.5 Å². The van der Waals surface area contributed by atoms with Gasteiger partial charge in [0.05, 0.1) is 6.10 Å². The van der Waals surface area contributed by atoms with E-state index in [1.807, 2.05) is 0 Å². The fraction of sp³-hybridized carbons (Fsp3) is 0.933. The molecule has 4 heteroatoms. The van der Waals surface area contributed by atoms with Gasteiger partial charge in [-0.15, -0.1) is 0 Å². The van der Waals surface area contributed by atoms with Crippen LogP contribution in [0.2, 0.25) is 0 Å². The molecule has 2 aliphatic rings. The van der Waals surface area contributed by atoms with Gasteiger partial charge in [-0.3, -0.25) is 4.79 Å². The average molecular weight is 269 g/mol. The smallest absolute Gasteiger partial charge is 0.326 e. The summed E-state index contributed by atoms with van der Waals surface area (Å²) in [6, 6.07) is 0. The third-order valence-electron chi connectivity index (χ3n) is 4.62. The molecular weight excluding hydrogens is 242 g/mol. The van der Waals surface area contributed by atoms with Crippen molar-refractivity contribution < 1.29 is 14.3 Å². The second kappa shape index (κ2) is 6.23. The molecule has 2 rings (SSSR count). The van der Waals surface area contributed by atoms with Gasteiger partial charge in [0.1, 0.15) is 11.6 Å². The van der Waals surface area contributed by atoms with Crippen molar-refractivity contribution in [1.29, 1.82) is 0 Å². The molecule has 0 radical (unpaired) electrons. The molecule has 2 saturated carbocycles. The first-order valence-electron chi connectivity index (χ1n) is 7.56. The van der Waals surface area contributed by atoms with Gasteiger partial charge in [0.15, 0.2) is 0 Å². The standard InChI is InChI=1S/C15H27NO3/c1-11-5-4-8-15(16,10-11)14(17)19-13-7-3-6-12(9-13)18-2/h11-13H,3-10,16H2,1-2H3. The highest BCUT2D eigenvalue weighted by Crippen LogP contribution is 2.32. The molecule has 2 N–H and O–H groups in total. The van der Waals surface area contributed by atoms with E-state index in [1.54, 1.807) is 7.11 Å². The third kappa shape index (κ3) is 3.69. The second-order valence-electron chi connectivity index (χ2n) is 6.41. The zero-order valence-corrected chi connectivity index (χ0v) is 12.2. The van der Waals surface area contributed by atoms with Crippen LogP contribution in [-0.4, -0.2) is 30.8 Å². The van der Waals surface area contributed by atoms with Gasteiger partial charge in [0.25, 0.3) is 0 Å². The molecule has 19 heavy (non-hydrogen) atoms. The zero-order valence-electron chi connectivity index (χ0n) is 12.2. The highest BCUT2D eigenvalue weighted by atomic mass is 16.5. The highest BCUT2D eigenvalue weighted by Gasteiger charge is 2.40. The molecule has 0 saturated heterocycles. The maximum Gasteiger partial charge on any atom is 0.326 e. The van der Waals surface area contributed by atoms with E-state index in [0.29, 0.717) is 5.92 Å². The lowest BCUT2D eigenvalue weighted by Crippen LogP contribution is -2.53. The van der Waals surface area contributed by atoms with E-state index >= 15 is 0 Å². The summed E-state index contributed by atoms with van der Waals surface area (Å²) in [5.74, 6) is 0.324. The van der Waals surface area contributed by atoms with Gasteiger partial charge >= 0.3 is 5.97 Å². The summed E-state index contributed by atoms with van der Waals surface area (Å²) < 4.78 is 11.0. The monoisotopic (exact) mass is 269 g/mol. The first-order valence-corrected chi connectivity index (χ1v) is 7.56. The van der Waals surface area contributed by atoms with Crippen molar-refractivity contribution in [2.24, 2.45) is 11.7 Å². The van der Waals surface area contributed by atoms with E-state index in [1.165, 1.54) is 6.42 Å². The Morgan fingerprint density at radius 3 is 2.63 bits per heavy atom. The Kier molecular flexibility index (Phi) is 4.85. The Bertz CT molecular complexity index is 321. The number of methoxy groups -OCH3 is 1. The van der Waals surface area contributed by atoms with Crippen LogP contribution < -0.4 is 5.73 Å². The van der Waals surface area contributed by atoms with Crippen molar-refractivity contribution in [2.45, 2.75) is 76.0 Å². The summed E-state index contributed by atoms with van der Waals surface area (Å²) in [6.45, 7) is 2.16. The summed E-state index contributed by atoms with van der Waals surface area (Å²) in [6.07, 6.45) is 7.81. The predicted molar refractivity (Wildman–Crippen MR) is 73.7 cm³/mol. The van der Waals surface area contributed by atoms with Gasteiger partial charge < -0.3 is 15.2 Å². The van der Waals surface area contributed by atoms with Crippen molar-refractivity contribution in [3.05, 3.63) is 0 Å². The molecule has 2 fully saturated rings. The molecule has 0 amide bonds. The molecule has 4 atom stereocenters. The number of rotatable bonds is 3. The molecule has 2 aliphatic carbocycles. The SMILES string of the molecule is COC1CCCC(OC(=O)C2(N)CCCC(C)C2)C1. The predicted octanol–water partition coefficient (Wildman–Crippen LogP) is 2.39. The first kappa shape index (κ1) is 14.8. The van der Waals surface area contributed by atoms with Gasteiger partial charge in [-0.05, 0) is 38.0 Å². The van der Waals surface area contributed by atoms with Crippen LogP contribution >= 0.6 is 0 Å². The minimum Gasteiger partial charge on any atom is -0.461 e. The fourth-order valence-electron chi connectivity index (χ4n) is 3.47. The lowest BCUT2D eigenvalue weighted by atomic mass is 9.77. The van der Waals surface area contributed by atoms with Crippen molar-refractivity contribution in [2.75, 3.05) is 7.11 Å². The summed E-state index contributed by atoms with van der Waals surface area (Å²) in [4.78, 5) is 12.3. The molecular formula is C15H27NO3. The molecule has 4 unspecified atom stereocenters. The summed E-state index contributed by atoms with van der Waals surface area (Å²) >= 11 is 0. The van der Waals surface area contributed by atoms with Crippen LogP contribution in [0.25, 0.3) is 0 Å². The molecule has 0 spiro atoms. The van der Waals surface area contributed by atoms with E-state index in [9.17, 15) is 4.79 Å². The molecule has 0 heterocycles. The zero-order chi connectivity index (χ0) is 13.9. The minimum absolute atomic E-state index is 0.0103.